The Hall–Kier alpha value is -3.39. The van der Waals surface area contributed by atoms with Gasteiger partial charge in [-0.3, -0.25) is 4.79 Å². The number of nitrogens with one attached hydrogen (secondary N) is 3. The van der Waals surface area contributed by atoms with E-state index in [1.165, 1.54) is 0 Å². The van der Waals surface area contributed by atoms with Crippen LogP contribution in [0.4, 0.5) is 4.79 Å². The number of carbonyl (C=O) groups is 2. The maximum atomic E-state index is 11.8. The average Bonchev–Trinajstić information content (AvgIpc) is 3.20. The molecule has 0 saturated carbocycles. The highest BCUT2D eigenvalue weighted by molar-refractivity contribution is 6.30. The molecule has 29 heavy (non-hydrogen) atoms. The molecule has 0 aliphatic heterocycles. The fourth-order valence-corrected chi connectivity index (χ4v) is 2.66. The van der Waals surface area contributed by atoms with Crippen molar-refractivity contribution in [1.82, 2.24) is 26.1 Å². The Labute approximate surface area is 172 Å². The van der Waals surface area contributed by atoms with Crippen LogP contribution in [0.2, 0.25) is 5.02 Å². The van der Waals surface area contributed by atoms with E-state index < -0.39 is 6.03 Å². The lowest BCUT2D eigenvalue weighted by molar-refractivity contribution is -0.120. The van der Waals surface area contributed by atoms with Gasteiger partial charge in [-0.1, -0.05) is 59.2 Å². The van der Waals surface area contributed by atoms with Crippen LogP contribution in [0.25, 0.3) is 11.4 Å². The average molecular weight is 414 g/mol. The highest BCUT2D eigenvalue weighted by Gasteiger charge is 2.10. The van der Waals surface area contributed by atoms with Crippen LogP contribution in [0.15, 0.2) is 59.1 Å². The van der Waals surface area contributed by atoms with Gasteiger partial charge in [0.05, 0.1) is 6.54 Å². The van der Waals surface area contributed by atoms with Gasteiger partial charge in [-0.2, -0.15) is 4.98 Å². The van der Waals surface area contributed by atoms with Crippen LogP contribution in [-0.2, 0) is 17.8 Å². The number of amides is 3. The third-order valence-electron chi connectivity index (χ3n) is 3.92. The van der Waals surface area contributed by atoms with E-state index in [-0.39, 0.29) is 19.0 Å². The zero-order valence-electron chi connectivity index (χ0n) is 15.5. The third-order valence-corrected chi connectivity index (χ3v) is 4.15. The van der Waals surface area contributed by atoms with E-state index in [9.17, 15) is 9.59 Å². The molecule has 1 heterocycles. The highest BCUT2D eigenvalue weighted by Crippen LogP contribution is 2.19. The van der Waals surface area contributed by atoms with Crippen molar-refractivity contribution in [2.45, 2.75) is 13.0 Å². The van der Waals surface area contributed by atoms with E-state index >= 15 is 0 Å². The molecule has 8 nitrogen and oxygen atoms in total. The quantitative estimate of drug-likeness (QED) is 0.525. The molecule has 0 bridgehead atoms. The number of rotatable bonds is 8. The molecule has 0 atom stereocenters. The fourth-order valence-electron chi connectivity index (χ4n) is 2.47. The zero-order valence-corrected chi connectivity index (χ0v) is 16.3. The molecule has 3 rings (SSSR count). The van der Waals surface area contributed by atoms with E-state index in [0.29, 0.717) is 29.7 Å². The van der Waals surface area contributed by atoms with Crippen LogP contribution in [0.5, 0.6) is 0 Å². The van der Waals surface area contributed by atoms with Gasteiger partial charge in [-0.25, -0.2) is 4.79 Å². The summed E-state index contributed by atoms with van der Waals surface area (Å²) in [5.74, 6) is 0.551. The molecule has 1 aromatic heterocycles. The predicted molar refractivity (Wildman–Crippen MR) is 108 cm³/mol. The summed E-state index contributed by atoms with van der Waals surface area (Å²) in [4.78, 5) is 27.8. The summed E-state index contributed by atoms with van der Waals surface area (Å²) in [7, 11) is 0. The van der Waals surface area contributed by atoms with Crippen LogP contribution in [-0.4, -0.2) is 35.2 Å². The lowest BCUT2D eigenvalue weighted by Crippen LogP contribution is -2.42. The first kappa shape index (κ1) is 20.3. The number of nitrogens with zero attached hydrogens (tertiary/aromatic N) is 2. The molecule has 9 heteroatoms. The number of hydrogen-bond donors (Lipinski definition) is 3. The Morgan fingerprint density at radius 3 is 2.62 bits per heavy atom. The summed E-state index contributed by atoms with van der Waals surface area (Å²) in [6.07, 6.45) is 0.362. The summed E-state index contributed by atoms with van der Waals surface area (Å²) in [5.41, 5.74) is 1.74. The Bertz CT molecular complexity index is 962. The zero-order chi connectivity index (χ0) is 20.5. The van der Waals surface area contributed by atoms with Crippen molar-refractivity contribution in [1.29, 1.82) is 0 Å². The smallest absolute Gasteiger partial charge is 0.315 e. The first-order chi connectivity index (χ1) is 14.1. The van der Waals surface area contributed by atoms with Crippen molar-refractivity contribution in [2.24, 2.45) is 0 Å². The molecular formula is C20H20ClN5O3. The molecule has 0 spiro atoms. The minimum atomic E-state index is -0.450. The topological polar surface area (TPSA) is 109 Å². The van der Waals surface area contributed by atoms with Crippen molar-refractivity contribution in [3.05, 3.63) is 71.1 Å². The number of benzene rings is 2. The van der Waals surface area contributed by atoms with Crippen molar-refractivity contribution < 1.29 is 14.1 Å². The second-order valence-electron chi connectivity index (χ2n) is 6.14. The number of aromatic nitrogens is 2. The van der Waals surface area contributed by atoms with E-state index in [2.05, 4.69) is 26.1 Å². The Morgan fingerprint density at radius 2 is 1.83 bits per heavy atom. The maximum Gasteiger partial charge on any atom is 0.315 e. The maximum absolute atomic E-state index is 11.8. The fraction of sp³-hybridized carbons (Fsp3) is 0.200. The molecule has 0 aliphatic carbocycles. The summed E-state index contributed by atoms with van der Waals surface area (Å²) < 4.78 is 5.17. The summed E-state index contributed by atoms with van der Waals surface area (Å²) in [6, 6.07) is 16.2. The molecule has 3 N–H and O–H groups in total. The Balaban J connectivity index is 1.34. The SMILES string of the molecule is O=C(CNC(=O)NCCc1nc(-c2cccc(Cl)c2)no1)NCc1ccccc1. The monoisotopic (exact) mass is 413 g/mol. The minimum Gasteiger partial charge on any atom is -0.350 e. The van der Waals surface area contributed by atoms with E-state index in [1.807, 2.05) is 36.4 Å². The van der Waals surface area contributed by atoms with E-state index in [1.54, 1.807) is 18.2 Å². The van der Waals surface area contributed by atoms with E-state index in [0.717, 1.165) is 11.1 Å². The molecule has 3 aromatic rings. The summed E-state index contributed by atoms with van der Waals surface area (Å²) in [5, 5.41) is 12.4. The van der Waals surface area contributed by atoms with Gasteiger partial charge in [-0.05, 0) is 17.7 Å². The van der Waals surface area contributed by atoms with Gasteiger partial charge in [-0.15, -0.1) is 0 Å². The molecule has 0 radical (unpaired) electrons. The standard InChI is InChI=1S/C20H20ClN5O3/c21-16-8-4-7-15(11-16)19-25-18(29-26-19)9-10-22-20(28)24-13-17(27)23-12-14-5-2-1-3-6-14/h1-8,11H,9-10,12-13H2,(H,23,27)(H2,22,24,28). The van der Waals surface area contributed by atoms with Crippen LogP contribution in [0.3, 0.4) is 0 Å². The Kier molecular flexibility index (Phi) is 7.18. The largest absolute Gasteiger partial charge is 0.350 e. The lowest BCUT2D eigenvalue weighted by Gasteiger charge is -2.08. The van der Waals surface area contributed by atoms with Crippen molar-refractivity contribution in [3.63, 3.8) is 0 Å². The first-order valence-corrected chi connectivity index (χ1v) is 9.39. The molecule has 0 aliphatic rings. The number of carbonyl (C=O) groups excluding carboxylic acids is 2. The van der Waals surface area contributed by atoms with Gasteiger partial charge in [0.1, 0.15) is 0 Å². The molecule has 0 unspecified atom stereocenters. The molecule has 0 fully saturated rings. The molecule has 2 aromatic carbocycles. The lowest BCUT2D eigenvalue weighted by atomic mass is 10.2. The van der Waals surface area contributed by atoms with Crippen LogP contribution >= 0.6 is 11.6 Å². The van der Waals surface area contributed by atoms with Gasteiger partial charge in [0.2, 0.25) is 17.6 Å². The third kappa shape index (κ3) is 6.62. The molecule has 150 valence electrons. The van der Waals surface area contributed by atoms with Crippen molar-refractivity contribution >= 4 is 23.5 Å². The van der Waals surface area contributed by atoms with Gasteiger partial charge in [0.25, 0.3) is 0 Å². The van der Waals surface area contributed by atoms with Gasteiger partial charge in [0.15, 0.2) is 0 Å². The first-order valence-electron chi connectivity index (χ1n) is 9.01. The number of urea groups is 1. The minimum absolute atomic E-state index is 0.113. The van der Waals surface area contributed by atoms with Crippen LogP contribution in [0, 0.1) is 0 Å². The highest BCUT2D eigenvalue weighted by atomic mass is 35.5. The summed E-state index contributed by atoms with van der Waals surface area (Å²) in [6.45, 7) is 0.585. The van der Waals surface area contributed by atoms with Crippen molar-refractivity contribution in [2.75, 3.05) is 13.1 Å². The summed E-state index contributed by atoms with van der Waals surface area (Å²) >= 11 is 5.95. The van der Waals surface area contributed by atoms with E-state index in [4.69, 9.17) is 16.1 Å². The van der Waals surface area contributed by atoms with Crippen LogP contribution in [0.1, 0.15) is 11.5 Å². The number of hydrogen-bond acceptors (Lipinski definition) is 5. The predicted octanol–water partition coefficient (Wildman–Crippen LogP) is 2.55. The van der Waals surface area contributed by atoms with Crippen molar-refractivity contribution in [3.8, 4) is 11.4 Å². The second-order valence-corrected chi connectivity index (χ2v) is 6.58. The molecule has 3 amide bonds. The Morgan fingerprint density at radius 1 is 1.00 bits per heavy atom. The second kappa shape index (κ2) is 10.2. The van der Waals surface area contributed by atoms with Gasteiger partial charge in [0, 0.05) is 30.1 Å². The normalized spacial score (nSPS) is 10.4. The molecular weight excluding hydrogens is 394 g/mol. The van der Waals surface area contributed by atoms with Crippen LogP contribution < -0.4 is 16.0 Å². The molecule has 0 saturated heterocycles. The van der Waals surface area contributed by atoms with Gasteiger partial charge >= 0.3 is 6.03 Å². The number of halogens is 1. The van der Waals surface area contributed by atoms with Gasteiger partial charge < -0.3 is 20.5 Å².